The Morgan fingerprint density at radius 2 is 1.81 bits per heavy atom. The molecular formula is C20H19ClFNO4. The molecule has 2 aromatic rings. The fraction of sp³-hybridized carbons (Fsp3) is 0.250. The highest BCUT2D eigenvalue weighted by Crippen LogP contribution is 2.19. The van der Waals surface area contributed by atoms with Gasteiger partial charge in [0.2, 0.25) is 0 Å². The van der Waals surface area contributed by atoms with Gasteiger partial charge in [0.15, 0.2) is 12.4 Å². The number of nitrogens with one attached hydrogen (secondary N) is 1. The van der Waals surface area contributed by atoms with Crippen molar-refractivity contribution < 1.29 is 23.5 Å². The Balaban J connectivity index is 1.86. The first-order chi connectivity index (χ1) is 12.9. The van der Waals surface area contributed by atoms with Gasteiger partial charge in [0.05, 0.1) is 12.5 Å². The van der Waals surface area contributed by atoms with Crippen LogP contribution in [0.2, 0.25) is 5.02 Å². The molecule has 27 heavy (non-hydrogen) atoms. The summed E-state index contributed by atoms with van der Waals surface area (Å²) in [6.07, 6.45) is -0.0559. The number of carbonyl (C=O) groups is 3. The number of amides is 1. The molecule has 0 radical (unpaired) electrons. The third-order valence-corrected chi connectivity index (χ3v) is 4.21. The minimum atomic E-state index is -0.792. The number of carbonyl (C=O) groups excluding carboxylic acids is 3. The van der Waals surface area contributed by atoms with Crippen molar-refractivity contribution in [3.05, 3.63) is 70.5 Å². The fourth-order valence-corrected chi connectivity index (χ4v) is 2.65. The smallest absolute Gasteiger partial charge is 0.310 e. The lowest BCUT2D eigenvalue weighted by Crippen LogP contribution is -2.43. The second-order valence-corrected chi connectivity index (χ2v) is 6.37. The Labute approximate surface area is 161 Å². The minimum Gasteiger partial charge on any atom is -0.455 e. The monoisotopic (exact) mass is 391 g/mol. The Morgan fingerprint density at radius 1 is 1.11 bits per heavy atom. The van der Waals surface area contributed by atoms with Crippen molar-refractivity contribution in [1.82, 2.24) is 5.32 Å². The van der Waals surface area contributed by atoms with E-state index in [0.717, 1.165) is 5.56 Å². The highest BCUT2D eigenvalue weighted by atomic mass is 35.5. The van der Waals surface area contributed by atoms with Crippen LogP contribution < -0.4 is 5.32 Å². The van der Waals surface area contributed by atoms with Crippen LogP contribution in [-0.2, 0) is 32.0 Å². The van der Waals surface area contributed by atoms with E-state index >= 15 is 0 Å². The summed E-state index contributed by atoms with van der Waals surface area (Å²) in [5, 5.41) is 2.65. The number of rotatable bonds is 8. The highest BCUT2D eigenvalue weighted by Gasteiger charge is 2.19. The largest absolute Gasteiger partial charge is 0.455 e. The molecule has 0 aliphatic rings. The summed E-state index contributed by atoms with van der Waals surface area (Å²) < 4.78 is 18.5. The van der Waals surface area contributed by atoms with E-state index in [4.69, 9.17) is 16.3 Å². The first-order valence-corrected chi connectivity index (χ1v) is 8.67. The second-order valence-electron chi connectivity index (χ2n) is 5.96. The SMILES string of the molecule is CC(=O)[C@H](Cc1ccccc1)NC(=O)COC(=O)Cc1c(F)cccc1Cl. The number of Topliss-reactive ketones (excluding diaryl/α,β-unsaturated/α-hetero) is 1. The zero-order valence-corrected chi connectivity index (χ0v) is 15.5. The molecule has 0 unspecified atom stereocenters. The molecule has 2 aromatic carbocycles. The normalized spacial score (nSPS) is 11.5. The van der Waals surface area contributed by atoms with Crippen LogP contribution in [0.1, 0.15) is 18.1 Å². The van der Waals surface area contributed by atoms with E-state index in [2.05, 4.69) is 5.32 Å². The van der Waals surface area contributed by atoms with Crippen LogP contribution in [-0.4, -0.2) is 30.3 Å². The maximum atomic E-state index is 13.7. The summed E-state index contributed by atoms with van der Waals surface area (Å²) in [6.45, 7) is 0.809. The van der Waals surface area contributed by atoms with E-state index in [0.29, 0.717) is 6.42 Å². The lowest BCUT2D eigenvalue weighted by atomic mass is 10.0. The minimum absolute atomic E-state index is 0.00950. The number of halogens is 2. The molecule has 0 spiro atoms. The summed E-state index contributed by atoms with van der Waals surface area (Å²) in [4.78, 5) is 35.6. The van der Waals surface area contributed by atoms with Crippen LogP contribution in [0, 0.1) is 5.82 Å². The maximum absolute atomic E-state index is 13.7. The molecule has 0 aromatic heterocycles. The van der Waals surface area contributed by atoms with Crippen molar-refractivity contribution in [3.63, 3.8) is 0 Å². The molecule has 1 amide bonds. The first-order valence-electron chi connectivity index (χ1n) is 8.29. The molecule has 0 aliphatic heterocycles. The Kier molecular flexibility index (Phi) is 7.49. The van der Waals surface area contributed by atoms with Crippen LogP contribution in [0.15, 0.2) is 48.5 Å². The average molecular weight is 392 g/mol. The van der Waals surface area contributed by atoms with E-state index in [9.17, 15) is 18.8 Å². The van der Waals surface area contributed by atoms with Crippen LogP contribution in [0.25, 0.3) is 0 Å². The Hall–Kier alpha value is -2.73. The third kappa shape index (κ3) is 6.49. The predicted molar refractivity (Wildman–Crippen MR) is 98.8 cm³/mol. The van der Waals surface area contributed by atoms with Crippen molar-refractivity contribution in [2.24, 2.45) is 0 Å². The quantitative estimate of drug-likeness (QED) is 0.702. The molecule has 0 bridgehead atoms. The van der Waals surface area contributed by atoms with Gasteiger partial charge in [0.25, 0.3) is 5.91 Å². The number of hydrogen-bond donors (Lipinski definition) is 1. The van der Waals surface area contributed by atoms with E-state index < -0.39 is 30.3 Å². The second kappa shape index (κ2) is 9.83. The van der Waals surface area contributed by atoms with Crippen LogP contribution in [0.4, 0.5) is 4.39 Å². The van der Waals surface area contributed by atoms with Gasteiger partial charge >= 0.3 is 5.97 Å². The fourth-order valence-electron chi connectivity index (χ4n) is 2.42. The molecule has 0 saturated heterocycles. The van der Waals surface area contributed by atoms with Crippen molar-refractivity contribution in [3.8, 4) is 0 Å². The molecule has 0 saturated carbocycles. The number of esters is 1. The van der Waals surface area contributed by atoms with Gasteiger partial charge in [-0.15, -0.1) is 0 Å². The summed E-state index contributed by atoms with van der Waals surface area (Å²) in [5.41, 5.74) is 0.902. The summed E-state index contributed by atoms with van der Waals surface area (Å²) in [5.74, 6) is -2.24. The highest BCUT2D eigenvalue weighted by molar-refractivity contribution is 6.31. The van der Waals surface area contributed by atoms with Gasteiger partial charge in [-0.25, -0.2) is 4.39 Å². The molecule has 0 heterocycles. The Bertz CT molecular complexity index is 806. The number of ketones is 1. The number of ether oxygens (including phenoxy) is 1. The van der Waals surface area contributed by atoms with Crippen molar-refractivity contribution in [2.45, 2.75) is 25.8 Å². The first kappa shape index (κ1) is 20.6. The van der Waals surface area contributed by atoms with E-state index in [1.807, 2.05) is 30.3 Å². The van der Waals surface area contributed by atoms with E-state index in [-0.39, 0.29) is 22.8 Å². The van der Waals surface area contributed by atoms with E-state index in [1.165, 1.54) is 25.1 Å². The summed E-state index contributed by atoms with van der Waals surface area (Å²) >= 11 is 5.85. The van der Waals surface area contributed by atoms with Gasteiger partial charge in [-0.1, -0.05) is 48.0 Å². The van der Waals surface area contributed by atoms with Crippen molar-refractivity contribution in [2.75, 3.05) is 6.61 Å². The molecule has 142 valence electrons. The Morgan fingerprint density at radius 3 is 2.44 bits per heavy atom. The third-order valence-electron chi connectivity index (χ3n) is 3.86. The number of hydrogen-bond acceptors (Lipinski definition) is 4. The van der Waals surface area contributed by atoms with Crippen LogP contribution in [0.3, 0.4) is 0 Å². The zero-order chi connectivity index (χ0) is 19.8. The van der Waals surface area contributed by atoms with Crippen molar-refractivity contribution >= 4 is 29.3 Å². The lowest BCUT2D eigenvalue weighted by molar-refractivity contribution is -0.148. The van der Waals surface area contributed by atoms with Gasteiger partial charge in [0, 0.05) is 10.6 Å². The van der Waals surface area contributed by atoms with Gasteiger partial charge in [-0.05, 0) is 31.0 Å². The van der Waals surface area contributed by atoms with Gasteiger partial charge in [-0.3, -0.25) is 14.4 Å². The van der Waals surface area contributed by atoms with Gasteiger partial charge in [-0.2, -0.15) is 0 Å². The lowest BCUT2D eigenvalue weighted by Gasteiger charge is -2.16. The molecule has 2 rings (SSSR count). The van der Waals surface area contributed by atoms with Crippen LogP contribution in [0.5, 0.6) is 0 Å². The number of benzene rings is 2. The molecule has 0 fully saturated rings. The maximum Gasteiger partial charge on any atom is 0.310 e. The van der Waals surface area contributed by atoms with Gasteiger partial charge in [0.1, 0.15) is 5.82 Å². The van der Waals surface area contributed by atoms with Crippen LogP contribution >= 0.6 is 11.6 Å². The molecule has 0 aliphatic carbocycles. The molecule has 7 heteroatoms. The molecule has 5 nitrogen and oxygen atoms in total. The van der Waals surface area contributed by atoms with E-state index in [1.54, 1.807) is 0 Å². The van der Waals surface area contributed by atoms with Gasteiger partial charge < -0.3 is 10.1 Å². The molecular weight excluding hydrogens is 373 g/mol. The molecule has 1 atom stereocenters. The summed E-state index contributed by atoms with van der Waals surface area (Å²) in [6, 6.07) is 12.6. The average Bonchev–Trinajstić information content (AvgIpc) is 2.63. The zero-order valence-electron chi connectivity index (χ0n) is 14.7. The van der Waals surface area contributed by atoms with Crippen molar-refractivity contribution in [1.29, 1.82) is 0 Å². The summed E-state index contributed by atoms with van der Waals surface area (Å²) in [7, 11) is 0. The standard InChI is InChI=1S/C20H19ClFNO4/c1-13(24)18(10-14-6-3-2-4-7-14)23-19(25)12-27-20(26)11-15-16(21)8-5-9-17(15)22/h2-9,18H,10-12H2,1H3,(H,23,25)/t18-/m0/s1. The molecule has 1 N–H and O–H groups in total. The topological polar surface area (TPSA) is 72.5 Å². The predicted octanol–water partition coefficient (Wildman–Crippen LogP) is 2.88.